The number of ketones is 1. The molecule has 5 heteroatoms. The van der Waals surface area contributed by atoms with Crippen molar-refractivity contribution in [3.63, 3.8) is 0 Å². The zero-order chi connectivity index (χ0) is 15.0. The van der Waals surface area contributed by atoms with Crippen LogP contribution in [-0.4, -0.2) is 18.8 Å². The molecule has 0 bridgehead atoms. The molecule has 1 fully saturated rings. The standard InChI is InChI=1S/C16H12BrNO3/c1-21-11-8-6-10(7-9-11)18-14(15(19)16(18)20)12-4-2-3-5-13(12)17/h2-9,14H,1H3. The highest BCUT2D eigenvalue weighted by atomic mass is 79.9. The maximum Gasteiger partial charge on any atom is 0.297 e. The van der Waals surface area contributed by atoms with Crippen LogP contribution in [0.15, 0.2) is 53.0 Å². The summed E-state index contributed by atoms with van der Waals surface area (Å²) in [6.45, 7) is 0. The fraction of sp³-hybridized carbons (Fsp3) is 0.125. The lowest BCUT2D eigenvalue weighted by molar-refractivity contribution is -0.143. The summed E-state index contributed by atoms with van der Waals surface area (Å²) in [5.41, 5.74) is 1.47. The first kappa shape index (κ1) is 13.8. The second kappa shape index (κ2) is 5.33. The van der Waals surface area contributed by atoms with Crippen LogP contribution in [-0.2, 0) is 9.59 Å². The lowest BCUT2D eigenvalue weighted by Crippen LogP contribution is -2.56. The highest BCUT2D eigenvalue weighted by Gasteiger charge is 2.48. The molecule has 2 aromatic rings. The molecule has 0 aliphatic carbocycles. The van der Waals surface area contributed by atoms with E-state index in [1.165, 1.54) is 4.90 Å². The fourth-order valence-electron chi connectivity index (χ4n) is 2.39. The van der Waals surface area contributed by atoms with E-state index in [9.17, 15) is 9.59 Å². The Kier molecular flexibility index (Phi) is 3.51. The quantitative estimate of drug-likeness (QED) is 0.634. The van der Waals surface area contributed by atoms with Crippen LogP contribution in [0, 0.1) is 0 Å². The summed E-state index contributed by atoms with van der Waals surface area (Å²) in [5, 5.41) is 0. The molecule has 3 rings (SSSR count). The molecule has 2 aromatic carbocycles. The minimum Gasteiger partial charge on any atom is -0.497 e. The topological polar surface area (TPSA) is 46.6 Å². The van der Waals surface area contributed by atoms with Gasteiger partial charge in [0.15, 0.2) is 0 Å². The normalized spacial score (nSPS) is 17.6. The molecule has 0 N–H and O–H groups in total. The maximum absolute atomic E-state index is 12.0. The predicted molar refractivity (Wildman–Crippen MR) is 82.4 cm³/mol. The third kappa shape index (κ3) is 2.23. The summed E-state index contributed by atoms with van der Waals surface area (Å²) in [5.74, 6) is -0.172. The van der Waals surface area contributed by atoms with Crippen LogP contribution in [0.3, 0.4) is 0 Å². The Morgan fingerprint density at radius 2 is 1.71 bits per heavy atom. The van der Waals surface area contributed by atoms with E-state index in [1.54, 1.807) is 31.4 Å². The molecule has 1 saturated heterocycles. The molecule has 1 atom stereocenters. The molecule has 21 heavy (non-hydrogen) atoms. The number of β-lactam (4-membered cyclic amide) rings is 1. The molecule has 106 valence electrons. The Balaban J connectivity index is 1.98. The molecule has 0 spiro atoms. The van der Waals surface area contributed by atoms with Crippen LogP contribution >= 0.6 is 15.9 Å². The van der Waals surface area contributed by atoms with Gasteiger partial charge in [-0.05, 0) is 35.9 Å². The first-order valence-corrected chi connectivity index (χ1v) is 7.18. The highest BCUT2D eigenvalue weighted by molar-refractivity contribution is 9.10. The van der Waals surface area contributed by atoms with E-state index >= 15 is 0 Å². The third-order valence-corrected chi connectivity index (χ3v) is 4.21. The van der Waals surface area contributed by atoms with Crippen molar-refractivity contribution in [1.82, 2.24) is 0 Å². The van der Waals surface area contributed by atoms with E-state index in [2.05, 4.69) is 15.9 Å². The fourth-order valence-corrected chi connectivity index (χ4v) is 2.89. The number of ether oxygens (including phenoxy) is 1. The number of nitrogens with zero attached hydrogens (tertiary/aromatic N) is 1. The molecule has 1 amide bonds. The Morgan fingerprint density at radius 3 is 2.33 bits per heavy atom. The second-order valence-electron chi connectivity index (χ2n) is 4.66. The van der Waals surface area contributed by atoms with Crippen molar-refractivity contribution in [1.29, 1.82) is 0 Å². The number of halogens is 1. The number of anilines is 1. The summed E-state index contributed by atoms with van der Waals surface area (Å²) in [4.78, 5) is 25.4. The van der Waals surface area contributed by atoms with E-state index in [-0.39, 0.29) is 0 Å². The lowest BCUT2D eigenvalue weighted by atomic mass is 9.91. The van der Waals surface area contributed by atoms with Gasteiger partial charge in [-0.2, -0.15) is 0 Å². The minimum absolute atomic E-state index is 0.391. The molecule has 1 aliphatic heterocycles. The molecule has 0 aromatic heterocycles. The number of hydrogen-bond donors (Lipinski definition) is 0. The van der Waals surface area contributed by atoms with Gasteiger partial charge in [-0.3, -0.25) is 14.5 Å². The van der Waals surface area contributed by atoms with Gasteiger partial charge in [0.2, 0.25) is 5.78 Å². The van der Waals surface area contributed by atoms with Gasteiger partial charge in [0.25, 0.3) is 5.91 Å². The van der Waals surface area contributed by atoms with E-state index < -0.39 is 17.7 Å². The number of rotatable bonds is 3. The Morgan fingerprint density at radius 1 is 1.05 bits per heavy atom. The summed E-state index contributed by atoms with van der Waals surface area (Å²) < 4.78 is 5.92. The second-order valence-corrected chi connectivity index (χ2v) is 5.52. The van der Waals surface area contributed by atoms with Crippen LogP contribution < -0.4 is 9.64 Å². The van der Waals surface area contributed by atoms with Crippen molar-refractivity contribution in [2.75, 3.05) is 12.0 Å². The summed E-state index contributed by atoms with van der Waals surface area (Å²) in [6.07, 6.45) is 0. The number of Topliss-reactive ketones (excluding diaryl/α,β-unsaturated/α-hetero) is 1. The molecule has 0 radical (unpaired) electrons. The first-order valence-electron chi connectivity index (χ1n) is 6.39. The minimum atomic E-state index is -0.568. The predicted octanol–water partition coefficient (Wildman–Crippen LogP) is 3.11. The van der Waals surface area contributed by atoms with Crippen LogP contribution in [0.5, 0.6) is 5.75 Å². The van der Waals surface area contributed by atoms with Crippen LogP contribution in [0.25, 0.3) is 0 Å². The van der Waals surface area contributed by atoms with Gasteiger partial charge in [0.1, 0.15) is 11.8 Å². The first-order chi connectivity index (χ1) is 10.1. The van der Waals surface area contributed by atoms with Gasteiger partial charge < -0.3 is 4.74 Å². The zero-order valence-electron chi connectivity index (χ0n) is 11.2. The van der Waals surface area contributed by atoms with Crippen molar-refractivity contribution in [2.24, 2.45) is 0 Å². The number of carbonyl (C=O) groups is 2. The van der Waals surface area contributed by atoms with E-state index in [1.807, 2.05) is 24.3 Å². The van der Waals surface area contributed by atoms with Crippen LogP contribution in [0.4, 0.5) is 5.69 Å². The van der Waals surface area contributed by atoms with Gasteiger partial charge in [-0.1, -0.05) is 34.1 Å². The Labute approximate surface area is 130 Å². The summed E-state index contributed by atoms with van der Waals surface area (Å²) in [7, 11) is 1.58. The van der Waals surface area contributed by atoms with Crippen molar-refractivity contribution >= 4 is 33.3 Å². The van der Waals surface area contributed by atoms with Gasteiger partial charge >= 0.3 is 0 Å². The van der Waals surface area contributed by atoms with Gasteiger partial charge in [0.05, 0.1) is 7.11 Å². The van der Waals surface area contributed by atoms with Crippen molar-refractivity contribution in [2.45, 2.75) is 6.04 Å². The maximum atomic E-state index is 12.0. The van der Waals surface area contributed by atoms with Crippen LogP contribution in [0.1, 0.15) is 11.6 Å². The number of hydrogen-bond acceptors (Lipinski definition) is 3. The smallest absolute Gasteiger partial charge is 0.297 e. The lowest BCUT2D eigenvalue weighted by Gasteiger charge is -2.39. The molecule has 4 nitrogen and oxygen atoms in total. The number of amides is 1. The number of methoxy groups -OCH3 is 1. The number of carbonyl (C=O) groups excluding carboxylic acids is 2. The van der Waals surface area contributed by atoms with E-state index in [4.69, 9.17) is 4.74 Å². The molecule has 0 saturated carbocycles. The van der Waals surface area contributed by atoms with Crippen molar-refractivity contribution in [3.05, 3.63) is 58.6 Å². The third-order valence-electron chi connectivity index (χ3n) is 3.49. The molecular formula is C16H12BrNO3. The SMILES string of the molecule is COc1ccc(N2C(=O)C(=O)C2c2ccccc2Br)cc1. The average Bonchev–Trinajstić information content (AvgIpc) is 2.53. The monoisotopic (exact) mass is 345 g/mol. The average molecular weight is 346 g/mol. The highest BCUT2D eigenvalue weighted by Crippen LogP contribution is 2.39. The van der Waals surface area contributed by atoms with E-state index in [0.29, 0.717) is 11.4 Å². The largest absolute Gasteiger partial charge is 0.497 e. The molecule has 1 heterocycles. The van der Waals surface area contributed by atoms with Crippen molar-refractivity contribution < 1.29 is 14.3 Å². The summed E-state index contributed by atoms with van der Waals surface area (Å²) >= 11 is 3.43. The molecule has 1 aliphatic rings. The Bertz CT molecular complexity index is 712. The van der Waals surface area contributed by atoms with E-state index in [0.717, 1.165) is 10.0 Å². The number of benzene rings is 2. The molecule has 1 unspecified atom stereocenters. The van der Waals surface area contributed by atoms with Crippen LogP contribution in [0.2, 0.25) is 0 Å². The Hall–Kier alpha value is -2.14. The summed E-state index contributed by atoms with van der Waals surface area (Å²) in [6, 6.07) is 13.9. The molecular weight excluding hydrogens is 334 g/mol. The van der Waals surface area contributed by atoms with Gasteiger partial charge in [-0.25, -0.2) is 0 Å². The zero-order valence-corrected chi connectivity index (χ0v) is 12.8. The van der Waals surface area contributed by atoms with Gasteiger partial charge in [0, 0.05) is 10.2 Å². The van der Waals surface area contributed by atoms with Gasteiger partial charge in [-0.15, -0.1) is 0 Å². The van der Waals surface area contributed by atoms with Crippen molar-refractivity contribution in [3.8, 4) is 5.75 Å².